The van der Waals surface area contributed by atoms with Crippen molar-refractivity contribution in [3.05, 3.63) is 0 Å². The van der Waals surface area contributed by atoms with Crippen LogP contribution in [0.1, 0.15) is 33.1 Å². The van der Waals surface area contributed by atoms with E-state index in [-0.39, 0.29) is 11.3 Å². The smallest absolute Gasteiger partial charge is 0.227 e. The fraction of sp³-hybridized carbons (Fsp3) is 0.923. The van der Waals surface area contributed by atoms with Crippen molar-refractivity contribution in [3.63, 3.8) is 0 Å². The molecular weight excluding hydrogens is 278 g/mol. The molecule has 0 spiro atoms. The Kier molecular flexibility index (Phi) is 6.42. The van der Waals surface area contributed by atoms with E-state index >= 15 is 0 Å². The van der Waals surface area contributed by atoms with E-state index in [2.05, 4.69) is 10.6 Å². The van der Waals surface area contributed by atoms with Crippen LogP contribution in [0.25, 0.3) is 0 Å². The topological polar surface area (TPSA) is 78.5 Å². The largest absolute Gasteiger partial charge is 0.356 e. The minimum absolute atomic E-state index is 0.0902. The van der Waals surface area contributed by atoms with Gasteiger partial charge < -0.3 is 10.6 Å². The van der Waals surface area contributed by atoms with E-state index < -0.39 is 10.0 Å². The van der Waals surface area contributed by atoms with Gasteiger partial charge in [0.1, 0.15) is 0 Å². The number of carbonyl (C=O) groups excluding carboxylic acids is 1. The van der Waals surface area contributed by atoms with Crippen LogP contribution < -0.4 is 10.6 Å². The Labute approximate surface area is 122 Å². The monoisotopic (exact) mass is 305 g/mol. The summed E-state index contributed by atoms with van der Waals surface area (Å²) in [5, 5.41) is 6.18. The molecule has 0 bridgehead atoms. The highest BCUT2D eigenvalue weighted by Crippen LogP contribution is 2.29. The molecule has 20 heavy (non-hydrogen) atoms. The number of hydrogen-bond acceptors (Lipinski definition) is 4. The lowest BCUT2D eigenvalue weighted by atomic mass is 9.83. The molecule has 0 aromatic rings. The second-order valence-electron chi connectivity index (χ2n) is 5.42. The van der Waals surface area contributed by atoms with Gasteiger partial charge in [0.15, 0.2) is 0 Å². The zero-order chi connectivity index (χ0) is 15.2. The van der Waals surface area contributed by atoms with Crippen LogP contribution in [-0.2, 0) is 14.8 Å². The van der Waals surface area contributed by atoms with Gasteiger partial charge in [0.25, 0.3) is 0 Å². The average Bonchev–Trinajstić information content (AvgIpc) is 2.87. The lowest BCUT2D eigenvalue weighted by Crippen LogP contribution is -2.43. The highest BCUT2D eigenvalue weighted by molar-refractivity contribution is 7.88. The Morgan fingerprint density at radius 1 is 1.40 bits per heavy atom. The third-order valence-electron chi connectivity index (χ3n) is 4.09. The Morgan fingerprint density at radius 3 is 2.55 bits per heavy atom. The molecule has 0 aromatic heterocycles. The van der Waals surface area contributed by atoms with Crippen molar-refractivity contribution in [2.24, 2.45) is 5.41 Å². The van der Waals surface area contributed by atoms with Gasteiger partial charge in [-0.25, -0.2) is 12.7 Å². The molecule has 1 rings (SSSR count). The maximum atomic E-state index is 12.2. The second-order valence-corrected chi connectivity index (χ2v) is 7.41. The molecule has 1 atom stereocenters. The Bertz CT molecular complexity index is 417. The molecule has 1 heterocycles. The Hall–Kier alpha value is -0.660. The third kappa shape index (κ3) is 4.43. The maximum Gasteiger partial charge on any atom is 0.227 e. The Morgan fingerprint density at radius 2 is 2.10 bits per heavy atom. The molecule has 1 aliphatic heterocycles. The highest BCUT2D eigenvalue weighted by Gasteiger charge is 2.39. The first-order valence-corrected chi connectivity index (χ1v) is 9.14. The van der Waals surface area contributed by atoms with Gasteiger partial charge in [0.05, 0.1) is 11.7 Å². The van der Waals surface area contributed by atoms with Crippen molar-refractivity contribution < 1.29 is 13.2 Å². The van der Waals surface area contributed by atoms with Gasteiger partial charge in [0.2, 0.25) is 15.9 Å². The molecule has 1 amide bonds. The van der Waals surface area contributed by atoms with Crippen LogP contribution in [0, 0.1) is 5.41 Å². The van der Waals surface area contributed by atoms with Gasteiger partial charge in [-0.1, -0.05) is 13.8 Å². The summed E-state index contributed by atoms with van der Waals surface area (Å²) in [6.45, 7) is 6.92. The molecular formula is C13H27N3O3S. The van der Waals surface area contributed by atoms with E-state index in [1.165, 1.54) is 10.6 Å². The van der Waals surface area contributed by atoms with E-state index in [1.807, 2.05) is 13.8 Å². The first-order chi connectivity index (χ1) is 9.35. The summed E-state index contributed by atoms with van der Waals surface area (Å²) in [5.41, 5.74) is -0.277. The van der Waals surface area contributed by atoms with Gasteiger partial charge in [-0.15, -0.1) is 0 Å². The number of amides is 1. The van der Waals surface area contributed by atoms with Crippen LogP contribution in [0.15, 0.2) is 0 Å². The summed E-state index contributed by atoms with van der Waals surface area (Å²) in [5.74, 6) is 0.0902. The van der Waals surface area contributed by atoms with E-state index in [9.17, 15) is 13.2 Å². The van der Waals surface area contributed by atoms with Crippen LogP contribution in [0.3, 0.4) is 0 Å². The molecule has 0 radical (unpaired) electrons. The Balaban J connectivity index is 2.35. The molecule has 0 aliphatic carbocycles. The van der Waals surface area contributed by atoms with Crippen LogP contribution in [0.2, 0.25) is 0 Å². The summed E-state index contributed by atoms with van der Waals surface area (Å²) in [6, 6.07) is 0. The molecule has 7 heteroatoms. The van der Waals surface area contributed by atoms with Crippen LogP contribution in [0.4, 0.5) is 0 Å². The van der Waals surface area contributed by atoms with Crippen LogP contribution >= 0.6 is 0 Å². The van der Waals surface area contributed by atoms with Crippen LogP contribution in [-0.4, -0.2) is 57.6 Å². The number of nitrogens with one attached hydrogen (secondary N) is 2. The summed E-state index contributed by atoms with van der Waals surface area (Å²) >= 11 is 0. The molecule has 2 N–H and O–H groups in total. The summed E-state index contributed by atoms with van der Waals surface area (Å²) in [6.07, 6.45) is 3.56. The SMILES string of the molecule is CCN(CCCNC(=O)C1(CC)CCNC1)S(C)(=O)=O. The quantitative estimate of drug-likeness (QED) is 0.626. The molecule has 118 valence electrons. The molecule has 0 aromatic carbocycles. The molecule has 1 saturated heterocycles. The zero-order valence-corrected chi connectivity index (χ0v) is 13.6. The number of hydrogen-bond donors (Lipinski definition) is 2. The minimum atomic E-state index is -3.14. The van der Waals surface area contributed by atoms with Gasteiger partial charge in [-0.05, 0) is 25.8 Å². The fourth-order valence-corrected chi connectivity index (χ4v) is 3.53. The standard InChI is InChI=1S/C13H27N3O3S/c1-4-13(7-9-14-11-13)12(17)15-8-6-10-16(5-2)20(3,18)19/h14H,4-11H2,1-3H3,(H,15,17). The van der Waals surface area contributed by atoms with E-state index in [0.717, 1.165) is 25.9 Å². The van der Waals surface area contributed by atoms with Crippen molar-refractivity contribution >= 4 is 15.9 Å². The fourth-order valence-electron chi connectivity index (χ4n) is 2.60. The number of sulfonamides is 1. The molecule has 0 saturated carbocycles. The first-order valence-electron chi connectivity index (χ1n) is 7.30. The van der Waals surface area contributed by atoms with E-state index in [4.69, 9.17) is 0 Å². The zero-order valence-electron chi connectivity index (χ0n) is 12.7. The predicted molar refractivity (Wildman–Crippen MR) is 79.9 cm³/mol. The van der Waals surface area contributed by atoms with Gasteiger partial charge in [-0.2, -0.15) is 0 Å². The van der Waals surface area contributed by atoms with Gasteiger partial charge >= 0.3 is 0 Å². The molecule has 1 fully saturated rings. The van der Waals surface area contributed by atoms with Crippen molar-refractivity contribution in [1.29, 1.82) is 0 Å². The lowest BCUT2D eigenvalue weighted by Gasteiger charge is -2.25. The average molecular weight is 305 g/mol. The van der Waals surface area contributed by atoms with Crippen molar-refractivity contribution in [3.8, 4) is 0 Å². The van der Waals surface area contributed by atoms with E-state index in [0.29, 0.717) is 26.1 Å². The summed E-state index contributed by atoms with van der Waals surface area (Å²) in [4.78, 5) is 12.2. The normalized spacial score (nSPS) is 23.2. The van der Waals surface area contributed by atoms with Crippen LogP contribution in [0.5, 0.6) is 0 Å². The summed E-state index contributed by atoms with van der Waals surface area (Å²) in [7, 11) is -3.14. The summed E-state index contributed by atoms with van der Waals surface area (Å²) < 4.78 is 24.3. The molecule has 6 nitrogen and oxygen atoms in total. The minimum Gasteiger partial charge on any atom is -0.356 e. The first kappa shape index (κ1) is 17.4. The van der Waals surface area contributed by atoms with Crippen molar-refractivity contribution in [1.82, 2.24) is 14.9 Å². The molecule has 1 aliphatic rings. The van der Waals surface area contributed by atoms with Crippen molar-refractivity contribution in [2.45, 2.75) is 33.1 Å². The van der Waals surface area contributed by atoms with Gasteiger partial charge in [0, 0.05) is 26.2 Å². The van der Waals surface area contributed by atoms with E-state index in [1.54, 1.807) is 0 Å². The number of nitrogens with zero attached hydrogens (tertiary/aromatic N) is 1. The maximum absolute atomic E-state index is 12.2. The highest BCUT2D eigenvalue weighted by atomic mass is 32.2. The third-order valence-corrected chi connectivity index (χ3v) is 5.47. The lowest BCUT2D eigenvalue weighted by molar-refractivity contribution is -0.130. The second kappa shape index (κ2) is 7.38. The number of carbonyl (C=O) groups is 1. The molecule has 1 unspecified atom stereocenters. The number of rotatable bonds is 8. The van der Waals surface area contributed by atoms with Crippen molar-refractivity contribution in [2.75, 3.05) is 39.0 Å². The predicted octanol–water partition coefficient (Wildman–Crippen LogP) is 0.164. The van der Waals surface area contributed by atoms with Gasteiger partial charge in [-0.3, -0.25) is 4.79 Å².